The second-order valence-electron chi connectivity index (χ2n) is 7.13. The van der Waals surface area contributed by atoms with Crippen LogP contribution in [0.25, 0.3) is 5.69 Å². The molecule has 0 radical (unpaired) electrons. The van der Waals surface area contributed by atoms with E-state index in [1.54, 1.807) is 41.3 Å². The topological polar surface area (TPSA) is 90.7 Å². The van der Waals surface area contributed by atoms with Gasteiger partial charge in [-0.05, 0) is 29.8 Å². The van der Waals surface area contributed by atoms with Crippen molar-refractivity contribution >= 4 is 16.0 Å². The number of hydrogen-bond acceptors (Lipinski definition) is 6. The van der Waals surface area contributed by atoms with Gasteiger partial charge in [-0.1, -0.05) is 30.3 Å². The normalized spacial score (nSPS) is 15.0. The largest absolute Gasteiger partial charge is 0.461 e. The van der Waals surface area contributed by atoms with E-state index >= 15 is 0 Å². The number of morpholine rings is 1. The predicted octanol–water partition coefficient (Wildman–Crippen LogP) is 2.18. The first-order chi connectivity index (χ1) is 15.0. The molecule has 31 heavy (non-hydrogen) atoms. The zero-order valence-corrected chi connectivity index (χ0v) is 17.7. The van der Waals surface area contributed by atoms with Crippen LogP contribution in [0.1, 0.15) is 11.1 Å². The summed E-state index contributed by atoms with van der Waals surface area (Å²) in [5, 5.41) is 4.27. The van der Waals surface area contributed by atoms with Crippen LogP contribution in [0.4, 0.5) is 0 Å². The molecule has 0 N–H and O–H groups in total. The number of nitrogens with zero attached hydrogens (tertiary/aromatic N) is 3. The molecule has 1 aromatic heterocycles. The van der Waals surface area contributed by atoms with Crippen LogP contribution < -0.4 is 0 Å². The zero-order chi connectivity index (χ0) is 21.7. The van der Waals surface area contributed by atoms with Crippen molar-refractivity contribution in [3.63, 3.8) is 0 Å². The summed E-state index contributed by atoms with van der Waals surface area (Å²) in [4.78, 5) is 12.4. The minimum Gasteiger partial charge on any atom is -0.461 e. The summed E-state index contributed by atoms with van der Waals surface area (Å²) < 4.78 is 39.3. The molecule has 0 aliphatic carbocycles. The number of esters is 1. The second-order valence-corrected chi connectivity index (χ2v) is 9.07. The number of carbonyl (C=O) groups is 1. The average molecular weight is 442 g/mol. The van der Waals surface area contributed by atoms with E-state index in [2.05, 4.69) is 5.10 Å². The van der Waals surface area contributed by atoms with E-state index in [0.717, 1.165) is 11.3 Å². The van der Waals surface area contributed by atoms with E-state index in [9.17, 15) is 13.2 Å². The van der Waals surface area contributed by atoms with E-state index < -0.39 is 16.0 Å². The highest BCUT2D eigenvalue weighted by molar-refractivity contribution is 7.89. The Kier molecular flexibility index (Phi) is 6.45. The third-order valence-electron chi connectivity index (χ3n) is 4.91. The van der Waals surface area contributed by atoms with Gasteiger partial charge in [-0.2, -0.15) is 9.40 Å². The van der Waals surface area contributed by atoms with Gasteiger partial charge in [0.1, 0.15) is 6.61 Å². The van der Waals surface area contributed by atoms with Crippen LogP contribution >= 0.6 is 0 Å². The minimum atomic E-state index is -3.59. The standard InChI is InChI=1S/C22H23N3O5S/c26-22(14-19-15-23-25(16-19)20-6-2-1-3-7-20)30-17-18-5-4-8-21(13-18)31(27,28)24-9-11-29-12-10-24/h1-8,13,15-16H,9-12,14,17H2. The third-order valence-corrected chi connectivity index (χ3v) is 6.81. The molecular formula is C22H23N3O5S. The number of benzene rings is 2. The van der Waals surface area contributed by atoms with Gasteiger partial charge in [0.15, 0.2) is 0 Å². The molecule has 0 amide bonds. The van der Waals surface area contributed by atoms with Crippen molar-refractivity contribution in [1.82, 2.24) is 14.1 Å². The lowest BCUT2D eigenvalue weighted by molar-refractivity contribution is -0.144. The van der Waals surface area contributed by atoms with Crippen LogP contribution in [0.15, 0.2) is 71.9 Å². The van der Waals surface area contributed by atoms with E-state index in [1.165, 1.54) is 4.31 Å². The van der Waals surface area contributed by atoms with Crippen molar-refractivity contribution in [2.24, 2.45) is 0 Å². The zero-order valence-electron chi connectivity index (χ0n) is 16.9. The molecule has 2 aromatic carbocycles. The van der Waals surface area contributed by atoms with Crippen molar-refractivity contribution < 1.29 is 22.7 Å². The maximum Gasteiger partial charge on any atom is 0.310 e. The Labute approximate surface area is 181 Å². The molecular weight excluding hydrogens is 418 g/mol. The molecule has 0 bridgehead atoms. The first-order valence-electron chi connectivity index (χ1n) is 9.94. The predicted molar refractivity (Wildman–Crippen MR) is 113 cm³/mol. The number of carbonyl (C=O) groups excluding carboxylic acids is 1. The summed E-state index contributed by atoms with van der Waals surface area (Å²) in [7, 11) is -3.59. The molecule has 162 valence electrons. The SMILES string of the molecule is O=C(Cc1cnn(-c2ccccc2)c1)OCc1cccc(S(=O)(=O)N2CCOCC2)c1. The van der Waals surface area contributed by atoms with E-state index in [4.69, 9.17) is 9.47 Å². The Hall–Kier alpha value is -3.01. The molecule has 1 aliphatic rings. The molecule has 8 nitrogen and oxygen atoms in total. The van der Waals surface area contributed by atoms with Crippen LogP contribution in [0.2, 0.25) is 0 Å². The Morgan fingerprint density at radius 2 is 1.81 bits per heavy atom. The van der Waals surface area contributed by atoms with Crippen molar-refractivity contribution in [2.75, 3.05) is 26.3 Å². The smallest absolute Gasteiger partial charge is 0.310 e. The summed E-state index contributed by atoms with van der Waals surface area (Å²) in [5.41, 5.74) is 2.25. The van der Waals surface area contributed by atoms with Crippen LogP contribution in [-0.4, -0.2) is 54.8 Å². The molecule has 1 saturated heterocycles. The molecule has 4 rings (SSSR count). The van der Waals surface area contributed by atoms with Crippen molar-refractivity contribution in [1.29, 1.82) is 0 Å². The van der Waals surface area contributed by atoms with Crippen LogP contribution in [-0.2, 0) is 37.3 Å². The van der Waals surface area contributed by atoms with E-state index in [1.807, 2.05) is 30.3 Å². The fourth-order valence-corrected chi connectivity index (χ4v) is 4.77. The molecule has 1 fully saturated rings. The van der Waals surface area contributed by atoms with Gasteiger partial charge in [-0.3, -0.25) is 4.79 Å². The van der Waals surface area contributed by atoms with Gasteiger partial charge in [-0.15, -0.1) is 0 Å². The number of hydrogen-bond donors (Lipinski definition) is 0. The van der Waals surface area contributed by atoms with Gasteiger partial charge in [0.25, 0.3) is 0 Å². The monoisotopic (exact) mass is 441 g/mol. The Balaban J connectivity index is 1.36. The van der Waals surface area contributed by atoms with Crippen molar-refractivity contribution in [3.05, 3.63) is 78.1 Å². The summed E-state index contributed by atoms with van der Waals surface area (Å²) in [6.45, 7) is 1.43. The summed E-state index contributed by atoms with van der Waals surface area (Å²) in [6, 6.07) is 16.1. The van der Waals surface area contributed by atoms with Gasteiger partial charge < -0.3 is 9.47 Å². The molecule has 0 unspecified atom stereocenters. The number of para-hydroxylation sites is 1. The number of rotatable bonds is 7. The fraction of sp³-hybridized carbons (Fsp3) is 0.273. The van der Waals surface area contributed by atoms with Crippen LogP contribution in [0.3, 0.4) is 0 Å². The first-order valence-corrected chi connectivity index (χ1v) is 11.4. The molecule has 0 saturated carbocycles. The molecule has 2 heterocycles. The number of sulfonamides is 1. The average Bonchev–Trinajstić information content (AvgIpc) is 3.27. The molecule has 9 heteroatoms. The highest BCUT2D eigenvalue weighted by atomic mass is 32.2. The van der Waals surface area contributed by atoms with Crippen LogP contribution in [0, 0.1) is 0 Å². The third kappa shape index (κ3) is 5.19. The fourth-order valence-electron chi connectivity index (χ4n) is 3.29. The lowest BCUT2D eigenvalue weighted by Gasteiger charge is -2.26. The summed E-state index contributed by atoms with van der Waals surface area (Å²) in [5.74, 6) is -0.408. The highest BCUT2D eigenvalue weighted by Crippen LogP contribution is 2.19. The van der Waals surface area contributed by atoms with Gasteiger partial charge in [-0.25, -0.2) is 13.1 Å². The Bertz CT molecular complexity index is 1140. The van der Waals surface area contributed by atoms with Gasteiger partial charge >= 0.3 is 5.97 Å². The lowest BCUT2D eigenvalue weighted by Crippen LogP contribution is -2.40. The van der Waals surface area contributed by atoms with Crippen molar-refractivity contribution in [3.8, 4) is 5.69 Å². The molecule has 0 spiro atoms. The summed E-state index contributed by atoms with van der Waals surface area (Å²) >= 11 is 0. The second kappa shape index (κ2) is 9.42. The quantitative estimate of drug-likeness (QED) is 0.522. The molecule has 1 aliphatic heterocycles. The maximum absolute atomic E-state index is 12.8. The highest BCUT2D eigenvalue weighted by Gasteiger charge is 2.26. The minimum absolute atomic E-state index is 0.00186. The van der Waals surface area contributed by atoms with Gasteiger partial charge in [0, 0.05) is 24.8 Å². The Morgan fingerprint density at radius 1 is 1.03 bits per heavy atom. The van der Waals surface area contributed by atoms with Gasteiger partial charge in [0.2, 0.25) is 10.0 Å². The summed E-state index contributed by atoms with van der Waals surface area (Å²) in [6.07, 6.45) is 3.49. The van der Waals surface area contributed by atoms with E-state index in [-0.39, 0.29) is 17.9 Å². The van der Waals surface area contributed by atoms with Crippen molar-refractivity contribution in [2.45, 2.75) is 17.9 Å². The number of ether oxygens (including phenoxy) is 2. The number of aromatic nitrogens is 2. The molecule has 0 atom stereocenters. The van der Waals surface area contributed by atoms with E-state index in [0.29, 0.717) is 31.9 Å². The Morgan fingerprint density at radius 3 is 2.58 bits per heavy atom. The van der Waals surface area contributed by atoms with Gasteiger partial charge in [0.05, 0.1) is 36.4 Å². The lowest BCUT2D eigenvalue weighted by atomic mass is 10.2. The maximum atomic E-state index is 12.8. The molecule has 3 aromatic rings. The first kappa shape index (κ1) is 21.2. The van der Waals surface area contributed by atoms with Crippen LogP contribution in [0.5, 0.6) is 0 Å².